The molecule has 2 heterocycles. The van der Waals surface area contributed by atoms with Gasteiger partial charge in [0.1, 0.15) is 0 Å². The number of rotatable bonds is 2. The summed E-state index contributed by atoms with van der Waals surface area (Å²) in [5.74, 6) is 0.233. The highest BCUT2D eigenvalue weighted by molar-refractivity contribution is 5.97. The lowest BCUT2D eigenvalue weighted by Gasteiger charge is -2.35. The minimum Gasteiger partial charge on any atom is -0.314 e. The monoisotopic (exact) mass is 309 g/mol. The van der Waals surface area contributed by atoms with Crippen LogP contribution in [0.25, 0.3) is 0 Å². The lowest BCUT2D eigenvalue weighted by atomic mass is 10.1. The number of piperazine rings is 1. The van der Waals surface area contributed by atoms with E-state index in [1.165, 1.54) is 5.56 Å². The predicted molar refractivity (Wildman–Crippen MR) is 88.2 cm³/mol. The number of anilines is 1. The van der Waals surface area contributed by atoms with Crippen LogP contribution in [0.5, 0.6) is 0 Å². The van der Waals surface area contributed by atoms with Crippen molar-refractivity contribution in [2.75, 3.05) is 31.1 Å². The topological polar surface area (TPSA) is 35.6 Å². The standard InChI is InChI=1S/C16H23N3O.ClH/c1-12-9-14-5-3-4-6-15(14)19(12)16(20)11-18-8-7-17-10-13(18)2;/h3-6,12-13,17H,7-11H2,1-2H3;1H/t12?,13-;/m1./s1. The maximum Gasteiger partial charge on any atom is 0.241 e. The van der Waals surface area contributed by atoms with Crippen LogP contribution in [0.15, 0.2) is 24.3 Å². The zero-order valence-electron chi connectivity index (χ0n) is 12.7. The van der Waals surface area contributed by atoms with E-state index in [0.29, 0.717) is 12.6 Å². The minimum atomic E-state index is 0. The molecule has 1 aromatic rings. The molecule has 2 atom stereocenters. The van der Waals surface area contributed by atoms with Gasteiger partial charge in [0.15, 0.2) is 0 Å². The van der Waals surface area contributed by atoms with E-state index in [9.17, 15) is 4.79 Å². The van der Waals surface area contributed by atoms with E-state index in [-0.39, 0.29) is 24.4 Å². The van der Waals surface area contributed by atoms with Crippen LogP contribution in [-0.2, 0) is 11.2 Å². The van der Waals surface area contributed by atoms with Crippen LogP contribution in [0.1, 0.15) is 19.4 Å². The molecule has 1 N–H and O–H groups in total. The van der Waals surface area contributed by atoms with Gasteiger partial charge < -0.3 is 10.2 Å². The summed E-state index contributed by atoms with van der Waals surface area (Å²) in [6.45, 7) is 7.75. The molecule has 1 unspecified atom stereocenters. The molecule has 0 aromatic heterocycles. The maximum atomic E-state index is 12.7. The van der Waals surface area contributed by atoms with Crippen LogP contribution < -0.4 is 10.2 Å². The molecule has 1 saturated heterocycles. The van der Waals surface area contributed by atoms with Gasteiger partial charge in [-0.3, -0.25) is 9.69 Å². The van der Waals surface area contributed by atoms with Crippen LogP contribution >= 0.6 is 12.4 Å². The van der Waals surface area contributed by atoms with Crippen molar-refractivity contribution in [3.8, 4) is 0 Å². The molecule has 2 aliphatic heterocycles. The number of nitrogens with zero attached hydrogens (tertiary/aromatic N) is 2. The van der Waals surface area contributed by atoms with Crippen molar-refractivity contribution in [1.29, 1.82) is 0 Å². The summed E-state index contributed by atoms with van der Waals surface area (Å²) in [4.78, 5) is 17.0. The Morgan fingerprint density at radius 2 is 2.05 bits per heavy atom. The Morgan fingerprint density at radius 3 is 2.81 bits per heavy atom. The second-order valence-electron chi connectivity index (χ2n) is 5.97. The number of fused-ring (bicyclic) bond motifs is 1. The van der Waals surface area contributed by atoms with E-state index >= 15 is 0 Å². The molecule has 1 fully saturated rings. The van der Waals surface area contributed by atoms with E-state index in [2.05, 4.69) is 42.3 Å². The third-order valence-electron chi connectivity index (χ3n) is 4.45. The summed E-state index contributed by atoms with van der Waals surface area (Å²) < 4.78 is 0. The highest BCUT2D eigenvalue weighted by atomic mass is 35.5. The molecular weight excluding hydrogens is 286 g/mol. The van der Waals surface area contributed by atoms with E-state index in [4.69, 9.17) is 0 Å². The fraction of sp³-hybridized carbons (Fsp3) is 0.562. The van der Waals surface area contributed by atoms with Gasteiger partial charge in [-0.25, -0.2) is 0 Å². The van der Waals surface area contributed by atoms with Crippen molar-refractivity contribution in [1.82, 2.24) is 10.2 Å². The molecule has 116 valence electrons. The fourth-order valence-electron chi connectivity index (χ4n) is 3.31. The number of halogens is 1. The van der Waals surface area contributed by atoms with Crippen LogP contribution in [0.3, 0.4) is 0 Å². The van der Waals surface area contributed by atoms with E-state index < -0.39 is 0 Å². The second kappa shape index (κ2) is 6.77. The number of carbonyl (C=O) groups excluding carboxylic acids is 1. The first-order chi connectivity index (χ1) is 9.66. The van der Waals surface area contributed by atoms with Gasteiger partial charge in [-0.2, -0.15) is 0 Å². The molecule has 0 spiro atoms. The first kappa shape index (κ1) is 16.3. The second-order valence-corrected chi connectivity index (χ2v) is 5.97. The van der Waals surface area contributed by atoms with Gasteiger partial charge in [-0.05, 0) is 31.9 Å². The minimum absolute atomic E-state index is 0. The Hall–Kier alpha value is -1.10. The summed E-state index contributed by atoms with van der Waals surface area (Å²) in [5, 5.41) is 3.37. The van der Waals surface area contributed by atoms with Gasteiger partial charge in [-0.1, -0.05) is 18.2 Å². The molecule has 0 bridgehead atoms. The van der Waals surface area contributed by atoms with Crippen molar-refractivity contribution >= 4 is 24.0 Å². The summed E-state index contributed by atoms with van der Waals surface area (Å²) in [5.41, 5.74) is 2.40. The van der Waals surface area contributed by atoms with Crippen LogP contribution in [0, 0.1) is 0 Å². The first-order valence-electron chi connectivity index (χ1n) is 7.51. The molecule has 0 radical (unpaired) electrons. The Morgan fingerprint density at radius 1 is 1.29 bits per heavy atom. The Kier molecular flexibility index (Phi) is 5.25. The number of nitrogens with one attached hydrogen (secondary N) is 1. The molecule has 3 rings (SSSR count). The van der Waals surface area contributed by atoms with Crippen LogP contribution in [0.4, 0.5) is 5.69 Å². The van der Waals surface area contributed by atoms with Crippen molar-refractivity contribution in [3.05, 3.63) is 29.8 Å². The van der Waals surface area contributed by atoms with E-state index in [1.807, 2.05) is 11.0 Å². The van der Waals surface area contributed by atoms with Crippen LogP contribution in [0.2, 0.25) is 0 Å². The van der Waals surface area contributed by atoms with Gasteiger partial charge in [0.2, 0.25) is 5.91 Å². The first-order valence-corrected chi connectivity index (χ1v) is 7.51. The summed E-state index contributed by atoms with van der Waals surface area (Å²) in [6, 6.07) is 8.98. The van der Waals surface area contributed by atoms with Crippen LogP contribution in [-0.4, -0.2) is 49.1 Å². The molecule has 0 saturated carbocycles. The highest BCUT2D eigenvalue weighted by Crippen LogP contribution is 2.31. The Balaban J connectivity index is 0.00000161. The van der Waals surface area contributed by atoms with Gasteiger partial charge in [0.25, 0.3) is 0 Å². The van der Waals surface area contributed by atoms with Gasteiger partial charge in [0.05, 0.1) is 6.54 Å². The maximum absolute atomic E-state index is 12.7. The number of para-hydroxylation sites is 1. The highest BCUT2D eigenvalue weighted by Gasteiger charge is 2.32. The summed E-state index contributed by atoms with van der Waals surface area (Å²) in [7, 11) is 0. The molecule has 1 aromatic carbocycles. The molecular formula is C16H24ClN3O. The predicted octanol–water partition coefficient (Wildman–Crippen LogP) is 1.68. The van der Waals surface area contributed by atoms with Gasteiger partial charge in [-0.15, -0.1) is 12.4 Å². The molecule has 5 heteroatoms. The molecule has 0 aliphatic carbocycles. The fourth-order valence-corrected chi connectivity index (χ4v) is 3.31. The molecule has 21 heavy (non-hydrogen) atoms. The van der Waals surface area contributed by atoms with Gasteiger partial charge >= 0.3 is 0 Å². The third kappa shape index (κ3) is 3.23. The van der Waals surface area contributed by atoms with Crippen molar-refractivity contribution in [2.45, 2.75) is 32.4 Å². The molecule has 4 nitrogen and oxygen atoms in total. The zero-order chi connectivity index (χ0) is 14.1. The largest absolute Gasteiger partial charge is 0.314 e. The number of carbonyl (C=O) groups is 1. The Bertz CT molecular complexity index is 508. The van der Waals surface area contributed by atoms with E-state index in [0.717, 1.165) is 31.7 Å². The quantitative estimate of drug-likeness (QED) is 0.903. The average molecular weight is 310 g/mol. The SMILES string of the molecule is CC1Cc2ccccc2N1C(=O)CN1CCNC[C@H]1C.Cl. The number of amides is 1. The number of hydrogen-bond acceptors (Lipinski definition) is 3. The van der Waals surface area contributed by atoms with E-state index in [1.54, 1.807) is 0 Å². The number of benzene rings is 1. The summed E-state index contributed by atoms with van der Waals surface area (Å²) >= 11 is 0. The van der Waals surface area contributed by atoms with Crippen molar-refractivity contribution in [2.24, 2.45) is 0 Å². The lowest BCUT2D eigenvalue weighted by Crippen LogP contribution is -2.53. The molecule has 1 amide bonds. The third-order valence-corrected chi connectivity index (χ3v) is 4.45. The summed E-state index contributed by atoms with van der Waals surface area (Å²) in [6.07, 6.45) is 0.971. The normalized spacial score (nSPS) is 25.3. The lowest BCUT2D eigenvalue weighted by molar-refractivity contribution is -0.120. The Labute approximate surface area is 132 Å². The molecule has 2 aliphatic rings. The average Bonchev–Trinajstić information content (AvgIpc) is 2.77. The van der Waals surface area contributed by atoms with Gasteiger partial charge in [0, 0.05) is 37.4 Å². The zero-order valence-corrected chi connectivity index (χ0v) is 13.5. The van der Waals surface area contributed by atoms with Crippen molar-refractivity contribution < 1.29 is 4.79 Å². The van der Waals surface area contributed by atoms with Crippen molar-refractivity contribution in [3.63, 3.8) is 0 Å². The number of hydrogen-bond donors (Lipinski definition) is 1. The smallest absolute Gasteiger partial charge is 0.241 e.